The monoisotopic (exact) mass is 776 g/mol. The van der Waals surface area contributed by atoms with E-state index < -0.39 is 47.6 Å². The normalized spacial score (nSPS) is 26.4. The van der Waals surface area contributed by atoms with Gasteiger partial charge in [0.15, 0.2) is 5.13 Å². The second-order valence-electron chi connectivity index (χ2n) is 15.7. The molecule has 2 saturated carbocycles. The summed E-state index contributed by atoms with van der Waals surface area (Å²) in [5, 5.41) is 22.7. The highest BCUT2D eigenvalue weighted by atomic mass is 32.1. The number of anilines is 1. The van der Waals surface area contributed by atoms with Gasteiger partial charge in [-0.3, -0.25) is 9.59 Å². The van der Waals surface area contributed by atoms with Crippen molar-refractivity contribution in [2.75, 3.05) is 19.0 Å². The first-order valence-corrected chi connectivity index (χ1v) is 20.6. The number of carboxylic acids is 1. The van der Waals surface area contributed by atoms with Gasteiger partial charge in [-0.1, -0.05) is 32.1 Å². The van der Waals surface area contributed by atoms with Gasteiger partial charge in [0, 0.05) is 35.4 Å². The van der Waals surface area contributed by atoms with Gasteiger partial charge < -0.3 is 40.2 Å². The summed E-state index contributed by atoms with van der Waals surface area (Å²) in [4.78, 5) is 65.6. The molecular weight excluding hydrogens is 725 g/mol. The lowest BCUT2D eigenvalue weighted by Crippen LogP contribution is -2.56. The highest BCUT2D eigenvalue weighted by Gasteiger charge is 2.62. The van der Waals surface area contributed by atoms with Crippen molar-refractivity contribution in [2.45, 2.75) is 133 Å². The summed E-state index contributed by atoms with van der Waals surface area (Å²) in [6.07, 6.45) is 7.96. The van der Waals surface area contributed by atoms with Crippen molar-refractivity contribution in [2.24, 2.45) is 5.92 Å². The van der Waals surface area contributed by atoms with E-state index in [1.165, 1.54) is 16.2 Å². The highest BCUT2D eigenvalue weighted by molar-refractivity contribution is 7.14. The molecule has 2 aliphatic heterocycles. The number of benzene rings is 1. The fourth-order valence-corrected chi connectivity index (χ4v) is 9.15. The number of alkyl carbamates (subject to hydrolysis) is 1. The average Bonchev–Trinajstić information content (AvgIpc) is 3.58. The van der Waals surface area contributed by atoms with E-state index in [1.54, 1.807) is 7.11 Å². The summed E-state index contributed by atoms with van der Waals surface area (Å²) < 4.78 is 17.9. The third-order valence-corrected chi connectivity index (χ3v) is 12.1. The predicted octanol–water partition coefficient (Wildman–Crippen LogP) is 6.28. The van der Waals surface area contributed by atoms with Crippen LogP contribution in [-0.2, 0) is 19.1 Å². The minimum absolute atomic E-state index is 0.0464. The molecule has 3 aromatic rings. The zero-order chi connectivity index (χ0) is 38.7. The standard InChI is InChI=1S/C40H52N6O8S/c1-23(2)41-38-43-32(22-55-38)31-19-34(28-16-15-26(52-3)17-30(28)42-31)53-27-18-33-35(47)45-40(37(49)50)20-24(40)11-7-5-4-6-8-14-29(36(48)46(33)21-27)44-39(51)54-25-12-9-10-13-25/h15-17,19,22-25,27,29,33H,4-14,18,20-21H2,1-3H3,(H,41,43)(H,44,51)(H,45,47)(H,49,50)/t24-,27-,29+,33+,40-/m1/s1. The summed E-state index contributed by atoms with van der Waals surface area (Å²) >= 11 is 1.47. The molecule has 7 rings (SSSR count). The maximum absolute atomic E-state index is 14.6. The first-order chi connectivity index (χ1) is 26.5. The molecule has 0 unspecified atom stereocenters. The number of hydrogen-bond acceptors (Lipinski definition) is 11. The molecule has 15 heteroatoms. The molecule has 0 spiro atoms. The van der Waals surface area contributed by atoms with Crippen LogP contribution >= 0.6 is 11.3 Å². The molecule has 55 heavy (non-hydrogen) atoms. The van der Waals surface area contributed by atoms with Crippen LogP contribution in [0.15, 0.2) is 29.6 Å². The van der Waals surface area contributed by atoms with Crippen molar-refractivity contribution in [3.63, 3.8) is 0 Å². The van der Waals surface area contributed by atoms with Gasteiger partial charge in [-0.2, -0.15) is 0 Å². The Morgan fingerprint density at radius 3 is 2.47 bits per heavy atom. The molecule has 2 aromatic heterocycles. The Morgan fingerprint density at radius 2 is 1.73 bits per heavy atom. The zero-order valence-electron chi connectivity index (χ0n) is 31.8. The molecular formula is C40H52N6O8S. The third kappa shape index (κ3) is 8.76. The van der Waals surface area contributed by atoms with Crippen LogP contribution < -0.4 is 25.4 Å². The Balaban J connectivity index is 1.19. The summed E-state index contributed by atoms with van der Waals surface area (Å²) in [7, 11) is 1.59. The lowest BCUT2D eigenvalue weighted by atomic mass is 10.0. The molecule has 3 amide bonds. The number of aliphatic carboxylic acids is 1. The Kier molecular flexibility index (Phi) is 11.7. The van der Waals surface area contributed by atoms with E-state index in [-0.39, 0.29) is 31.0 Å². The Morgan fingerprint density at radius 1 is 0.982 bits per heavy atom. The quantitative estimate of drug-likeness (QED) is 0.192. The number of hydrogen-bond donors (Lipinski definition) is 4. The Bertz CT molecular complexity index is 1900. The number of rotatable bonds is 9. The maximum Gasteiger partial charge on any atom is 0.408 e. The largest absolute Gasteiger partial charge is 0.497 e. The van der Waals surface area contributed by atoms with Crippen molar-refractivity contribution in [1.29, 1.82) is 0 Å². The lowest BCUT2D eigenvalue weighted by molar-refractivity contribution is -0.146. The summed E-state index contributed by atoms with van der Waals surface area (Å²) in [5.41, 5.74) is 0.499. The molecule has 296 valence electrons. The number of carbonyl (C=O) groups is 4. The predicted molar refractivity (Wildman–Crippen MR) is 207 cm³/mol. The molecule has 4 heterocycles. The van der Waals surface area contributed by atoms with Crippen LogP contribution in [0.4, 0.5) is 9.93 Å². The number of nitrogens with one attached hydrogen (secondary N) is 3. The lowest BCUT2D eigenvalue weighted by Gasteiger charge is -2.29. The number of carbonyl (C=O) groups excluding carboxylic acids is 3. The fourth-order valence-electron chi connectivity index (χ4n) is 8.30. The summed E-state index contributed by atoms with van der Waals surface area (Å²) in [6, 6.07) is 5.57. The average molecular weight is 777 g/mol. The molecule has 4 N–H and O–H groups in total. The number of thiazole rings is 1. The smallest absolute Gasteiger partial charge is 0.408 e. The SMILES string of the molecule is COc1ccc2c(O[C@@H]3C[C@H]4C(=O)N[C@]5(C(=O)O)C[C@H]5CCCCCCC[C@H](NC(=O)OC5CCCC5)C(=O)N4C3)cc(-c3csc(NC(C)C)n3)nc2c1. The number of ether oxygens (including phenoxy) is 3. The van der Waals surface area contributed by atoms with Gasteiger partial charge in [-0.25, -0.2) is 19.6 Å². The van der Waals surface area contributed by atoms with Crippen LogP contribution in [0.2, 0.25) is 0 Å². The second kappa shape index (κ2) is 16.6. The number of nitrogens with zero attached hydrogens (tertiary/aromatic N) is 3. The highest BCUT2D eigenvalue weighted by Crippen LogP contribution is 2.47. The van der Waals surface area contributed by atoms with Crippen molar-refractivity contribution < 1.29 is 38.5 Å². The number of pyridine rings is 1. The Hall–Kier alpha value is -4.66. The van der Waals surface area contributed by atoms with Gasteiger partial charge in [-0.15, -0.1) is 11.3 Å². The van der Waals surface area contributed by atoms with E-state index in [9.17, 15) is 24.3 Å². The van der Waals surface area contributed by atoms with Gasteiger partial charge in [0.25, 0.3) is 0 Å². The van der Waals surface area contributed by atoms with E-state index in [4.69, 9.17) is 24.2 Å². The molecule has 0 bridgehead atoms. The van der Waals surface area contributed by atoms with E-state index in [0.717, 1.165) is 56.5 Å². The van der Waals surface area contributed by atoms with Gasteiger partial charge in [-0.05, 0) is 76.8 Å². The first-order valence-electron chi connectivity index (χ1n) is 19.7. The van der Waals surface area contributed by atoms with Gasteiger partial charge in [0.05, 0.1) is 24.9 Å². The van der Waals surface area contributed by atoms with E-state index in [2.05, 4.69) is 16.0 Å². The minimum atomic E-state index is -1.36. The van der Waals surface area contributed by atoms with Crippen molar-refractivity contribution in [1.82, 2.24) is 25.5 Å². The van der Waals surface area contributed by atoms with Crippen LogP contribution in [-0.4, -0.2) is 93.4 Å². The summed E-state index contributed by atoms with van der Waals surface area (Å²) in [5.74, 6) is -1.07. The fraction of sp³-hybridized carbons (Fsp3) is 0.600. The molecule has 2 aliphatic carbocycles. The Labute approximate surface area is 325 Å². The number of amides is 3. The van der Waals surface area contributed by atoms with Crippen molar-refractivity contribution in [3.05, 3.63) is 29.6 Å². The molecule has 2 saturated heterocycles. The minimum Gasteiger partial charge on any atom is -0.497 e. The molecule has 1 aromatic carbocycles. The number of fused-ring (bicyclic) bond motifs is 3. The topological polar surface area (TPSA) is 181 Å². The van der Waals surface area contributed by atoms with E-state index >= 15 is 0 Å². The molecule has 5 atom stereocenters. The molecule has 14 nitrogen and oxygen atoms in total. The van der Waals surface area contributed by atoms with Crippen LogP contribution in [0.3, 0.4) is 0 Å². The van der Waals surface area contributed by atoms with Crippen LogP contribution in [0.5, 0.6) is 11.5 Å². The zero-order valence-corrected chi connectivity index (χ0v) is 32.6. The first kappa shape index (κ1) is 38.6. The van der Waals surface area contributed by atoms with Gasteiger partial charge >= 0.3 is 12.1 Å². The van der Waals surface area contributed by atoms with E-state index in [1.807, 2.05) is 43.5 Å². The van der Waals surface area contributed by atoms with Crippen LogP contribution in [0.1, 0.15) is 97.3 Å². The van der Waals surface area contributed by atoms with Crippen molar-refractivity contribution >= 4 is 51.2 Å². The number of aromatic nitrogens is 2. The molecule has 4 fully saturated rings. The maximum atomic E-state index is 14.6. The molecule has 4 aliphatic rings. The third-order valence-electron chi connectivity index (χ3n) is 11.3. The van der Waals surface area contributed by atoms with Crippen LogP contribution in [0.25, 0.3) is 22.3 Å². The number of carboxylic acid groups (broad SMARTS) is 1. The van der Waals surface area contributed by atoms with Gasteiger partial charge in [0.1, 0.15) is 47.0 Å². The second-order valence-corrected chi connectivity index (χ2v) is 16.6. The number of methoxy groups -OCH3 is 1. The summed E-state index contributed by atoms with van der Waals surface area (Å²) in [6.45, 7) is 4.13. The van der Waals surface area contributed by atoms with E-state index in [0.29, 0.717) is 59.5 Å². The molecule has 0 radical (unpaired) electrons. The van der Waals surface area contributed by atoms with Crippen molar-refractivity contribution in [3.8, 4) is 22.9 Å². The van der Waals surface area contributed by atoms with Gasteiger partial charge in [0.2, 0.25) is 11.8 Å². The van der Waals surface area contributed by atoms with Crippen LogP contribution in [0, 0.1) is 5.92 Å².